The molecule has 0 aliphatic heterocycles. The molecule has 0 aliphatic rings. The van der Waals surface area contributed by atoms with E-state index in [0.717, 1.165) is 22.5 Å². The SMILES string of the molecule is COc1ccc(S(=O)(=O)NCC(c2cn(C)c3ccccc23)N(C)C)cc1F. The lowest BCUT2D eigenvalue weighted by atomic mass is 10.1. The molecule has 0 fully saturated rings. The summed E-state index contributed by atoms with van der Waals surface area (Å²) < 4.78 is 48.7. The summed E-state index contributed by atoms with van der Waals surface area (Å²) in [6, 6.07) is 11.4. The first-order chi connectivity index (χ1) is 13.2. The number of nitrogens with one attached hydrogen (secondary N) is 1. The lowest BCUT2D eigenvalue weighted by Crippen LogP contribution is -2.34. The number of para-hydroxylation sites is 1. The summed E-state index contributed by atoms with van der Waals surface area (Å²) in [5, 5.41) is 1.07. The Hall–Kier alpha value is -2.42. The molecule has 0 bridgehead atoms. The highest BCUT2D eigenvalue weighted by Gasteiger charge is 2.23. The van der Waals surface area contributed by atoms with Crippen molar-refractivity contribution in [2.24, 2.45) is 7.05 Å². The number of fused-ring (bicyclic) bond motifs is 1. The Kier molecular flexibility index (Phi) is 5.74. The standard InChI is InChI=1S/C20H24FN3O3S/c1-23(2)19(16-13-24(3)18-8-6-5-7-15(16)18)12-22-28(25,26)14-9-10-20(27-4)17(21)11-14/h5-11,13,19,22H,12H2,1-4H3. The van der Waals surface area contributed by atoms with Crippen molar-refractivity contribution >= 4 is 20.9 Å². The van der Waals surface area contributed by atoms with Gasteiger partial charge < -0.3 is 14.2 Å². The van der Waals surface area contributed by atoms with Gasteiger partial charge >= 0.3 is 0 Å². The van der Waals surface area contributed by atoms with Crippen LogP contribution < -0.4 is 9.46 Å². The molecule has 1 unspecified atom stereocenters. The molecule has 8 heteroatoms. The minimum Gasteiger partial charge on any atom is -0.494 e. The quantitative estimate of drug-likeness (QED) is 0.657. The second kappa shape index (κ2) is 7.90. The van der Waals surface area contributed by atoms with Crippen molar-refractivity contribution in [3.8, 4) is 5.75 Å². The topological polar surface area (TPSA) is 63.6 Å². The molecule has 0 saturated carbocycles. The Balaban J connectivity index is 1.88. The van der Waals surface area contributed by atoms with Crippen LogP contribution in [0.2, 0.25) is 0 Å². The van der Waals surface area contributed by atoms with Crippen LogP contribution in [0.4, 0.5) is 4.39 Å². The molecule has 1 N–H and O–H groups in total. The van der Waals surface area contributed by atoms with Crippen LogP contribution in [0.3, 0.4) is 0 Å². The van der Waals surface area contributed by atoms with Gasteiger partial charge in [0, 0.05) is 36.7 Å². The highest BCUT2D eigenvalue weighted by molar-refractivity contribution is 7.89. The Morgan fingerprint density at radius 2 is 1.93 bits per heavy atom. The van der Waals surface area contributed by atoms with Gasteiger partial charge in [0.25, 0.3) is 0 Å². The van der Waals surface area contributed by atoms with E-state index < -0.39 is 15.8 Å². The number of methoxy groups -OCH3 is 1. The molecule has 150 valence electrons. The molecule has 1 heterocycles. The van der Waals surface area contributed by atoms with E-state index in [1.165, 1.54) is 19.2 Å². The van der Waals surface area contributed by atoms with E-state index in [0.29, 0.717) is 0 Å². The van der Waals surface area contributed by atoms with Crippen LogP contribution in [0.15, 0.2) is 53.6 Å². The van der Waals surface area contributed by atoms with Gasteiger partial charge in [0.05, 0.1) is 12.0 Å². The first kappa shape index (κ1) is 20.3. The number of aryl methyl sites for hydroxylation is 1. The van der Waals surface area contributed by atoms with Crippen molar-refractivity contribution in [2.45, 2.75) is 10.9 Å². The van der Waals surface area contributed by atoms with Crippen LogP contribution in [-0.4, -0.2) is 45.6 Å². The lowest BCUT2D eigenvalue weighted by molar-refractivity contribution is 0.301. The Morgan fingerprint density at radius 1 is 1.21 bits per heavy atom. The molecule has 1 atom stereocenters. The molecule has 28 heavy (non-hydrogen) atoms. The minimum absolute atomic E-state index is 0.000809. The zero-order valence-electron chi connectivity index (χ0n) is 16.3. The number of rotatable bonds is 7. The van der Waals surface area contributed by atoms with Crippen LogP contribution in [0.25, 0.3) is 10.9 Å². The summed E-state index contributed by atoms with van der Waals surface area (Å²) in [5.74, 6) is -0.718. The molecule has 3 rings (SSSR count). The molecule has 2 aromatic carbocycles. The van der Waals surface area contributed by atoms with E-state index >= 15 is 0 Å². The zero-order chi connectivity index (χ0) is 20.5. The highest BCUT2D eigenvalue weighted by atomic mass is 32.2. The smallest absolute Gasteiger partial charge is 0.240 e. The molecule has 3 aromatic rings. The number of halogens is 1. The third kappa shape index (κ3) is 3.89. The fourth-order valence-electron chi connectivity index (χ4n) is 3.30. The largest absolute Gasteiger partial charge is 0.494 e. The van der Waals surface area contributed by atoms with Crippen LogP contribution >= 0.6 is 0 Å². The third-order valence-corrected chi connectivity index (χ3v) is 6.23. The second-order valence-corrected chi connectivity index (χ2v) is 8.61. The summed E-state index contributed by atoms with van der Waals surface area (Å²) in [6.07, 6.45) is 2.01. The van der Waals surface area contributed by atoms with Gasteiger partial charge in [-0.25, -0.2) is 17.5 Å². The monoisotopic (exact) mass is 405 g/mol. The first-order valence-electron chi connectivity index (χ1n) is 8.78. The fraction of sp³-hybridized carbons (Fsp3) is 0.300. The number of benzene rings is 2. The van der Waals surface area contributed by atoms with Crippen molar-refractivity contribution < 1.29 is 17.5 Å². The van der Waals surface area contributed by atoms with Crippen LogP contribution in [0, 0.1) is 5.82 Å². The van der Waals surface area contributed by atoms with E-state index in [1.807, 2.05) is 61.1 Å². The zero-order valence-corrected chi connectivity index (χ0v) is 17.1. The van der Waals surface area contributed by atoms with Gasteiger partial charge in [0.15, 0.2) is 11.6 Å². The Bertz CT molecular complexity index is 1090. The number of ether oxygens (including phenoxy) is 1. The van der Waals surface area contributed by atoms with Gasteiger partial charge in [-0.05, 0) is 43.9 Å². The fourth-order valence-corrected chi connectivity index (χ4v) is 4.35. The van der Waals surface area contributed by atoms with Crippen molar-refractivity contribution in [1.82, 2.24) is 14.2 Å². The predicted octanol–water partition coefficient (Wildman–Crippen LogP) is 2.91. The Morgan fingerprint density at radius 3 is 2.57 bits per heavy atom. The van der Waals surface area contributed by atoms with Crippen molar-refractivity contribution in [3.63, 3.8) is 0 Å². The van der Waals surface area contributed by atoms with E-state index in [4.69, 9.17) is 4.74 Å². The number of hydrogen-bond acceptors (Lipinski definition) is 4. The van der Waals surface area contributed by atoms with E-state index in [2.05, 4.69) is 4.72 Å². The van der Waals surface area contributed by atoms with Gasteiger partial charge in [0.2, 0.25) is 10.0 Å². The summed E-state index contributed by atoms with van der Waals surface area (Å²) in [4.78, 5) is 1.82. The van der Waals surface area contributed by atoms with Crippen molar-refractivity contribution in [3.05, 3.63) is 60.0 Å². The van der Waals surface area contributed by atoms with E-state index in [-0.39, 0.29) is 23.2 Å². The van der Waals surface area contributed by atoms with Gasteiger partial charge in [-0.3, -0.25) is 0 Å². The van der Waals surface area contributed by atoms with Crippen molar-refractivity contribution in [2.75, 3.05) is 27.7 Å². The summed E-state index contributed by atoms with van der Waals surface area (Å²) >= 11 is 0. The number of nitrogens with zero attached hydrogens (tertiary/aromatic N) is 2. The molecule has 0 aliphatic carbocycles. The number of hydrogen-bond donors (Lipinski definition) is 1. The molecule has 0 radical (unpaired) electrons. The molecular weight excluding hydrogens is 381 g/mol. The molecular formula is C20H24FN3O3S. The number of aromatic nitrogens is 1. The van der Waals surface area contributed by atoms with E-state index in [1.54, 1.807) is 0 Å². The maximum atomic E-state index is 13.9. The predicted molar refractivity (Wildman–Crippen MR) is 107 cm³/mol. The van der Waals surface area contributed by atoms with Crippen molar-refractivity contribution in [1.29, 1.82) is 0 Å². The average Bonchev–Trinajstić information content (AvgIpc) is 2.98. The molecule has 0 amide bonds. The molecule has 6 nitrogen and oxygen atoms in total. The maximum Gasteiger partial charge on any atom is 0.240 e. The number of sulfonamides is 1. The number of likely N-dealkylation sites (N-methyl/N-ethyl adjacent to an activating group) is 1. The highest BCUT2D eigenvalue weighted by Crippen LogP contribution is 2.29. The second-order valence-electron chi connectivity index (χ2n) is 6.84. The maximum absolute atomic E-state index is 13.9. The summed E-state index contributed by atoms with van der Waals surface area (Å²) in [6.45, 7) is 0.150. The molecule has 0 saturated heterocycles. The molecule has 1 aromatic heterocycles. The normalized spacial score (nSPS) is 13.2. The van der Waals surface area contributed by atoms with Gasteiger partial charge in [-0.15, -0.1) is 0 Å². The first-order valence-corrected chi connectivity index (χ1v) is 10.3. The van der Waals surface area contributed by atoms with Crippen LogP contribution in [-0.2, 0) is 17.1 Å². The van der Waals surface area contributed by atoms with Gasteiger partial charge in [-0.1, -0.05) is 18.2 Å². The van der Waals surface area contributed by atoms with Gasteiger partial charge in [-0.2, -0.15) is 0 Å². The van der Waals surface area contributed by atoms with Crippen LogP contribution in [0.1, 0.15) is 11.6 Å². The lowest BCUT2D eigenvalue weighted by Gasteiger charge is -2.24. The summed E-state index contributed by atoms with van der Waals surface area (Å²) in [5.41, 5.74) is 2.09. The molecule has 0 spiro atoms. The van der Waals surface area contributed by atoms with E-state index in [9.17, 15) is 12.8 Å². The average molecular weight is 405 g/mol. The minimum atomic E-state index is -3.87. The summed E-state index contributed by atoms with van der Waals surface area (Å²) in [7, 11) is 3.21. The van der Waals surface area contributed by atoms with Crippen LogP contribution in [0.5, 0.6) is 5.75 Å². The van der Waals surface area contributed by atoms with Gasteiger partial charge in [0.1, 0.15) is 0 Å². The Labute approximate surface area is 164 Å². The third-order valence-electron chi connectivity index (χ3n) is 4.81.